The van der Waals surface area contributed by atoms with Crippen molar-refractivity contribution < 1.29 is 19.1 Å². The number of carbonyl (C=O) groups excluding carboxylic acids is 3. The second-order valence-electron chi connectivity index (χ2n) is 5.89. The molecule has 2 aromatic heterocycles. The van der Waals surface area contributed by atoms with Gasteiger partial charge in [-0.2, -0.15) is 5.10 Å². The summed E-state index contributed by atoms with van der Waals surface area (Å²) in [6.07, 6.45) is -1.17. The third-order valence-corrected chi connectivity index (χ3v) is 4.80. The first-order valence-corrected chi connectivity index (χ1v) is 9.02. The maximum atomic E-state index is 12.6. The van der Waals surface area contributed by atoms with Crippen LogP contribution in [0.5, 0.6) is 0 Å². The number of fused-ring (bicyclic) bond motifs is 1. The quantitative estimate of drug-likeness (QED) is 0.620. The average molecular weight is 400 g/mol. The molecule has 1 aromatic carbocycles. The molecule has 0 saturated carbocycles. The molecule has 9 nitrogen and oxygen atoms in total. The molecule has 144 valence electrons. The lowest BCUT2D eigenvalue weighted by Gasteiger charge is -2.14. The minimum atomic E-state index is -1.17. The Kier molecular flexibility index (Phi) is 5.23. The molecule has 0 spiro atoms. The molecule has 0 fully saturated rings. The van der Waals surface area contributed by atoms with Gasteiger partial charge in [0.15, 0.2) is 11.8 Å². The number of thiophene rings is 1. The van der Waals surface area contributed by atoms with Crippen LogP contribution in [0.1, 0.15) is 27.8 Å². The van der Waals surface area contributed by atoms with Gasteiger partial charge in [0, 0.05) is 12.4 Å². The first kappa shape index (κ1) is 19.2. The Morgan fingerprint density at radius 1 is 1.21 bits per heavy atom. The zero-order valence-corrected chi connectivity index (χ0v) is 15.8. The summed E-state index contributed by atoms with van der Waals surface area (Å²) in [5, 5.41) is 9.00. The van der Waals surface area contributed by atoms with Crippen molar-refractivity contribution >= 4 is 44.9 Å². The maximum absolute atomic E-state index is 12.6. The van der Waals surface area contributed by atoms with Gasteiger partial charge >= 0.3 is 5.97 Å². The number of hydrogen-bond donors (Lipinski definition) is 2. The molecule has 0 aliphatic carbocycles. The molecule has 0 saturated heterocycles. The fourth-order valence-corrected chi connectivity index (χ4v) is 3.33. The number of benzene rings is 1. The minimum Gasteiger partial charge on any atom is -0.448 e. The van der Waals surface area contributed by atoms with Crippen LogP contribution >= 0.6 is 11.3 Å². The Bertz CT molecular complexity index is 1150. The van der Waals surface area contributed by atoms with E-state index in [1.165, 1.54) is 20.0 Å². The Hall–Kier alpha value is -3.53. The molecule has 0 aliphatic heterocycles. The van der Waals surface area contributed by atoms with Gasteiger partial charge < -0.3 is 15.8 Å². The first-order valence-electron chi connectivity index (χ1n) is 8.14. The van der Waals surface area contributed by atoms with Crippen molar-refractivity contribution in [3.05, 3.63) is 57.3 Å². The second kappa shape index (κ2) is 7.61. The van der Waals surface area contributed by atoms with Crippen LogP contribution in [0.2, 0.25) is 0 Å². The van der Waals surface area contributed by atoms with Crippen LogP contribution in [0.25, 0.3) is 10.8 Å². The summed E-state index contributed by atoms with van der Waals surface area (Å²) in [6.45, 7) is 1.38. The number of rotatable bonds is 5. The predicted octanol–water partition coefficient (Wildman–Crippen LogP) is 1.28. The number of aromatic nitrogens is 2. The lowest BCUT2D eigenvalue weighted by molar-refractivity contribution is -0.123. The van der Waals surface area contributed by atoms with Crippen molar-refractivity contribution in [2.45, 2.75) is 13.0 Å². The van der Waals surface area contributed by atoms with E-state index in [0.717, 1.165) is 16.0 Å². The molecule has 2 heterocycles. The van der Waals surface area contributed by atoms with E-state index >= 15 is 0 Å². The Morgan fingerprint density at radius 3 is 2.57 bits per heavy atom. The zero-order valence-electron chi connectivity index (χ0n) is 15.0. The first-order chi connectivity index (χ1) is 13.3. The fraction of sp³-hybridized carbons (Fsp3) is 0.167. The Morgan fingerprint density at radius 2 is 1.89 bits per heavy atom. The topological polar surface area (TPSA) is 133 Å². The summed E-state index contributed by atoms with van der Waals surface area (Å²) in [7, 11) is 1.42. The third kappa shape index (κ3) is 3.62. The van der Waals surface area contributed by atoms with Gasteiger partial charge in [0.2, 0.25) is 0 Å². The van der Waals surface area contributed by atoms with E-state index in [1.807, 2.05) is 0 Å². The number of nitrogens with zero attached hydrogens (tertiary/aromatic N) is 2. The molecule has 10 heteroatoms. The molecule has 0 bridgehead atoms. The van der Waals surface area contributed by atoms with Gasteiger partial charge in [-0.3, -0.25) is 14.4 Å². The average Bonchev–Trinajstić information content (AvgIpc) is 3.13. The van der Waals surface area contributed by atoms with E-state index < -0.39 is 23.9 Å². The zero-order chi connectivity index (χ0) is 20.4. The summed E-state index contributed by atoms with van der Waals surface area (Å²) in [6, 6.07) is 7.98. The van der Waals surface area contributed by atoms with Crippen molar-refractivity contribution in [2.75, 3.05) is 5.32 Å². The highest BCUT2D eigenvalue weighted by molar-refractivity contribution is 7.14. The number of anilines is 1. The second-order valence-corrected chi connectivity index (χ2v) is 6.80. The number of nitrogens with two attached hydrogens (primary N) is 1. The molecule has 3 N–H and O–H groups in total. The highest BCUT2D eigenvalue weighted by Gasteiger charge is 2.24. The lowest BCUT2D eigenvalue weighted by Crippen LogP contribution is -2.31. The van der Waals surface area contributed by atoms with Crippen molar-refractivity contribution in [1.82, 2.24) is 9.78 Å². The summed E-state index contributed by atoms with van der Waals surface area (Å²) in [5.41, 5.74) is 4.98. The summed E-state index contributed by atoms with van der Waals surface area (Å²) in [4.78, 5) is 48.4. The number of nitrogens with one attached hydrogen (secondary N) is 1. The van der Waals surface area contributed by atoms with Crippen LogP contribution < -0.4 is 16.6 Å². The molecule has 0 aliphatic rings. The fourth-order valence-electron chi connectivity index (χ4n) is 2.53. The highest BCUT2D eigenvalue weighted by Crippen LogP contribution is 2.23. The molecule has 1 atom stereocenters. The van der Waals surface area contributed by atoms with Gasteiger partial charge in [0.1, 0.15) is 5.00 Å². The molecule has 28 heavy (non-hydrogen) atoms. The van der Waals surface area contributed by atoms with Gasteiger partial charge in [0.05, 0.1) is 10.9 Å². The summed E-state index contributed by atoms with van der Waals surface area (Å²) in [5.74, 6) is -2.16. The standard InChI is InChI=1S/C18H16N4O5S/c1-9(15(24)20-16-12(14(19)23)7-8-28-16)27-18(26)13-10-5-3-4-6-11(10)17(25)22(2)21-13/h3-9H,1-2H3,(H2,19,23)(H,20,24)/t9-/m0/s1. The van der Waals surface area contributed by atoms with Gasteiger partial charge in [-0.05, 0) is 24.4 Å². The van der Waals surface area contributed by atoms with Gasteiger partial charge in [0.25, 0.3) is 17.4 Å². The SMILES string of the molecule is C[C@H](OC(=O)c1nn(C)c(=O)c2ccccc12)C(=O)Nc1sccc1C(N)=O. The van der Waals surface area contributed by atoms with E-state index in [4.69, 9.17) is 10.5 Å². The molecule has 3 rings (SSSR count). The number of esters is 1. The number of aryl methyl sites for hydroxylation is 1. The van der Waals surface area contributed by atoms with Gasteiger partial charge in [-0.25, -0.2) is 9.48 Å². The molecule has 3 aromatic rings. The third-order valence-electron chi connectivity index (χ3n) is 3.97. The summed E-state index contributed by atoms with van der Waals surface area (Å²) < 4.78 is 6.25. The number of primary amides is 1. The molecule has 2 amide bonds. The number of carbonyl (C=O) groups is 3. The predicted molar refractivity (Wildman–Crippen MR) is 103 cm³/mol. The lowest BCUT2D eigenvalue weighted by atomic mass is 10.1. The van der Waals surface area contributed by atoms with Crippen LogP contribution in [0.3, 0.4) is 0 Å². The van der Waals surface area contributed by atoms with Crippen LogP contribution in [0, 0.1) is 0 Å². The summed E-state index contributed by atoms with van der Waals surface area (Å²) >= 11 is 1.12. The number of amides is 2. The van der Waals surface area contributed by atoms with E-state index in [0.29, 0.717) is 10.8 Å². The number of hydrogen-bond acceptors (Lipinski definition) is 7. The van der Waals surface area contributed by atoms with Crippen LogP contribution in [0.4, 0.5) is 5.00 Å². The highest BCUT2D eigenvalue weighted by atomic mass is 32.1. The van der Waals surface area contributed by atoms with Crippen molar-refractivity contribution in [3.63, 3.8) is 0 Å². The molecule has 0 radical (unpaired) electrons. The molecular formula is C18H16N4O5S. The maximum Gasteiger partial charge on any atom is 0.360 e. The van der Waals surface area contributed by atoms with Crippen molar-refractivity contribution in [1.29, 1.82) is 0 Å². The van der Waals surface area contributed by atoms with Crippen molar-refractivity contribution in [2.24, 2.45) is 12.8 Å². The van der Waals surface area contributed by atoms with Gasteiger partial charge in [-0.1, -0.05) is 18.2 Å². The van der Waals surface area contributed by atoms with E-state index in [-0.39, 0.29) is 21.8 Å². The van der Waals surface area contributed by atoms with Crippen LogP contribution in [-0.4, -0.2) is 33.7 Å². The monoisotopic (exact) mass is 400 g/mol. The van der Waals surface area contributed by atoms with Gasteiger partial charge in [-0.15, -0.1) is 11.3 Å². The number of ether oxygens (including phenoxy) is 1. The van der Waals surface area contributed by atoms with Crippen LogP contribution in [0.15, 0.2) is 40.5 Å². The largest absolute Gasteiger partial charge is 0.448 e. The Labute approximate surface area is 162 Å². The minimum absolute atomic E-state index is 0.0775. The van der Waals surface area contributed by atoms with E-state index in [2.05, 4.69) is 10.4 Å². The molecule has 0 unspecified atom stereocenters. The van der Waals surface area contributed by atoms with Crippen molar-refractivity contribution in [3.8, 4) is 0 Å². The normalized spacial score (nSPS) is 11.8. The molecular weight excluding hydrogens is 384 g/mol. The smallest absolute Gasteiger partial charge is 0.360 e. The van der Waals surface area contributed by atoms with Crippen LogP contribution in [-0.2, 0) is 16.6 Å². The Balaban J connectivity index is 1.81. The van der Waals surface area contributed by atoms with E-state index in [9.17, 15) is 19.2 Å². The van der Waals surface area contributed by atoms with E-state index in [1.54, 1.807) is 29.6 Å².